The zero-order valence-electron chi connectivity index (χ0n) is 11.0. The van der Waals surface area contributed by atoms with Gasteiger partial charge in [-0.3, -0.25) is 4.79 Å². The van der Waals surface area contributed by atoms with Crippen molar-refractivity contribution < 1.29 is 4.79 Å². The highest BCUT2D eigenvalue weighted by Gasteiger charge is 2.24. The van der Waals surface area contributed by atoms with Crippen molar-refractivity contribution in [3.8, 4) is 0 Å². The molecule has 0 aromatic carbocycles. The summed E-state index contributed by atoms with van der Waals surface area (Å²) in [5, 5.41) is 3.39. The van der Waals surface area contributed by atoms with Crippen molar-refractivity contribution in [2.75, 3.05) is 19.6 Å². The van der Waals surface area contributed by atoms with E-state index < -0.39 is 0 Å². The highest BCUT2D eigenvalue weighted by atomic mass is 16.2. The highest BCUT2D eigenvalue weighted by Crippen LogP contribution is 2.14. The zero-order valence-corrected chi connectivity index (χ0v) is 11.0. The van der Waals surface area contributed by atoms with Gasteiger partial charge in [-0.1, -0.05) is 20.8 Å². The summed E-state index contributed by atoms with van der Waals surface area (Å²) >= 11 is 0. The second kappa shape index (κ2) is 6.89. The van der Waals surface area contributed by atoms with Crippen LogP contribution in [-0.2, 0) is 4.79 Å². The molecule has 0 spiro atoms. The lowest BCUT2D eigenvalue weighted by atomic mass is 10.0. The summed E-state index contributed by atoms with van der Waals surface area (Å²) in [4.78, 5) is 14.2. The molecule has 0 aromatic heterocycles. The van der Waals surface area contributed by atoms with Crippen molar-refractivity contribution in [2.24, 2.45) is 5.92 Å². The standard InChI is InChI=1S/C13H26N2O/c1-4-8-15(13(16)9-11(2)3)12-6-5-7-14-10-12/h11-12,14H,4-10H2,1-3H3. The van der Waals surface area contributed by atoms with Crippen molar-refractivity contribution in [3.63, 3.8) is 0 Å². The fourth-order valence-corrected chi connectivity index (χ4v) is 2.32. The van der Waals surface area contributed by atoms with Crippen LogP contribution in [0.4, 0.5) is 0 Å². The highest BCUT2D eigenvalue weighted by molar-refractivity contribution is 5.76. The lowest BCUT2D eigenvalue weighted by Crippen LogP contribution is -2.49. The summed E-state index contributed by atoms with van der Waals surface area (Å²) in [5.74, 6) is 0.800. The Morgan fingerprint density at radius 3 is 2.75 bits per heavy atom. The first-order chi connectivity index (χ1) is 7.65. The van der Waals surface area contributed by atoms with Gasteiger partial charge in [0.1, 0.15) is 0 Å². The van der Waals surface area contributed by atoms with Crippen LogP contribution in [0.1, 0.15) is 46.5 Å². The first-order valence-electron chi connectivity index (χ1n) is 6.65. The van der Waals surface area contributed by atoms with Crippen LogP contribution in [0.15, 0.2) is 0 Å². The van der Waals surface area contributed by atoms with Gasteiger partial charge >= 0.3 is 0 Å². The maximum absolute atomic E-state index is 12.1. The molecular formula is C13H26N2O. The molecule has 1 unspecified atom stereocenters. The van der Waals surface area contributed by atoms with Crippen LogP contribution < -0.4 is 5.32 Å². The largest absolute Gasteiger partial charge is 0.338 e. The van der Waals surface area contributed by atoms with E-state index in [0.29, 0.717) is 24.3 Å². The maximum atomic E-state index is 12.1. The minimum Gasteiger partial charge on any atom is -0.338 e. The van der Waals surface area contributed by atoms with Crippen molar-refractivity contribution in [3.05, 3.63) is 0 Å². The topological polar surface area (TPSA) is 32.3 Å². The fraction of sp³-hybridized carbons (Fsp3) is 0.923. The van der Waals surface area contributed by atoms with Gasteiger partial charge in [-0.15, -0.1) is 0 Å². The quantitative estimate of drug-likeness (QED) is 0.778. The molecule has 3 nitrogen and oxygen atoms in total. The maximum Gasteiger partial charge on any atom is 0.223 e. The van der Waals surface area contributed by atoms with Crippen LogP contribution in [0.25, 0.3) is 0 Å². The van der Waals surface area contributed by atoms with Crippen molar-refractivity contribution in [1.29, 1.82) is 0 Å². The molecule has 94 valence electrons. The average Bonchev–Trinajstić information content (AvgIpc) is 2.26. The predicted octanol–water partition coefficient (Wildman–Crippen LogP) is 2.02. The fourth-order valence-electron chi connectivity index (χ4n) is 2.32. The molecule has 16 heavy (non-hydrogen) atoms. The molecule has 1 rings (SSSR count). The van der Waals surface area contributed by atoms with Gasteiger partial charge in [0.25, 0.3) is 0 Å². The Kier molecular flexibility index (Phi) is 5.81. The van der Waals surface area contributed by atoms with Crippen LogP contribution in [0.3, 0.4) is 0 Å². The Labute approximate surface area is 99.6 Å². The molecule has 3 heteroatoms. The van der Waals surface area contributed by atoms with E-state index in [-0.39, 0.29) is 0 Å². The van der Waals surface area contributed by atoms with Crippen molar-refractivity contribution in [1.82, 2.24) is 10.2 Å². The van der Waals surface area contributed by atoms with Crippen molar-refractivity contribution in [2.45, 2.75) is 52.5 Å². The number of nitrogens with one attached hydrogen (secondary N) is 1. The Morgan fingerprint density at radius 2 is 2.25 bits per heavy atom. The number of carbonyl (C=O) groups excluding carboxylic acids is 1. The van der Waals surface area contributed by atoms with Gasteiger partial charge in [-0.25, -0.2) is 0 Å². The molecule has 0 saturated carbocycles. The Balaban J connectivity index is 2.53. The van der Waals surface area contributed by atoms with E-state index in [2.05, 4.69) is 31.0 Å². The number of carbonyl (C=O) groups is 1. The van der Waals surface area contributed by atoms with Gasteiger partial charge in [-0.05, 0) is 31.7 Å². The molecule has 1 fully saturated rings. The summed E-state index contributed by atoms with van der Waals surface area (Å²) < 4.78 is 0. The molecule has 0 bridgehead atoms. The average molecular weight is 226 g/mol. The molecule has 1 saturated heterocycles. The lowest BCUT2D eigenvalue weighted by Gasteiger charge is -2.35. The van der Waals surface area contributed by atoms with E-state index in [1.807, 2.05) is 0 Å². The van der Waals surface area contributed by atoms with Crippen molar-refractivity contribution >= 4 is 5.91 Å². The molecule has 0 aliphatic carbocycles. The summed E-state index contributed by atoms with van der Waals surface area (Å²) in [6.45, 7) is 9.37. The van der Waals surface area contributed by atoms with Gasteiger partial charge in [0.05, 0.1) is 0 Å². The van der Waals surface area contributed by atoms with Gasteiger partial charge < -0.3 is 10.2 Å². The molecule has 1 atom stereocenters. The number of rotatable bonds is 5. The minimum atomic E-state index is 0.338. The Morgan fingerprint density at radius 1 is 1.50 bits per heavy atom. The van der Waals surface area contributed by atoms with Crippen LogP contribution in [0, 0.1) is 5.92 Å². The third kappa shape index (κ3) is 4.12. The molecule has 1 aliphatic rings. The van der Waals surface area contributed by atoms with E-state index in [1.54, 1.807) is 0 Å². The molecule has 1 amide bonds. The summed E-state index contributed by atoms with van der Waals surface area (Å²) in [5.41, 5.74) is 0. The summed E-state index contributed by atoms with van der Waals surface area (Å²) in [7, 11) is 0. The third-order valence-electron chi connectivity index (χ3n) is 3.08. The number of nitrogens with zero attached hydrogens (tertiary/aromatic N) is 1. The van der Waals surface area contributed by atoms with E-state index in [1.165, 1.54) is 6.42 Å². The van der Waals surface area contributed by atoms with Crippen LogP contribution in [-0.4, -0.2) is 36.5 Å². The number of amides is 1. The van der Waals surface area contributed by atoms with Gasteiger partial charge in [0, 0.05) is 25.6 Å². The molecule has 1 heterocycles. The number of hydrogen-bond donors (Lipinski definition) is 1. The van der Waals surface area contributed by atoms with E-state index in [9.17, 15) is 4.79 Å². The Bertz CT molecular complexity index is 210. The van der Waals surface area contributed by atoms with Gasteiger partial charge in [-0.2, -0.15) is 0 Å². The van der Waals surface area contributed by atoms with E-state index in [0.717, 1.165) is 32.5 Å². The summed E-state index contributed by atoms with van der Waals surface area (Å²) in [6.07, 6.45) is 4.10. The van der Waals surface area contributed by atoms with Gasteiger partial charge in [0.15, 0.2) is 0 Å². The zero-order chi connectivity index (χ0) is 12.0. The number of piperidine rings is 1. The summed E-state index contributed by atoms with van der Waals surface area (Å²) in [6, 6.07) is 0.431. The first-order valence-corrected chi connectivity index (χ1v) is 6.65. The first kappa shape index (κ1) is 13.5. The number of hydrogen-bond acceptors (Lipinski definition) is 2. The second-order valence-corrected chi connectivity index (χ2v) is 5.19. The van der Waals surface area contributed by atoms with Crippen LogP contribution >= 0.6 is 0 Å². The normalized spacial score (nSPS) is 21.1. The van der Waals surface area contributed by atoms with E-state index in [4.69, 9.17) is 0 Å². The smallest absolute Gasteiger partial charge is 0.223 e. The molecule has 1 N–H and O–H groups in total. The molecule has 0 aromatic rings. The van der Waals surface area contributed by atoms with Crippen LogP contribution in [0.2, 0.25) is 0 Å². The SMILES string of the molecule is CCCN(C(=O)CC(C)C)C1CCCNC1. The third-order valence-corrected chi connectivity index (χ3v) is 3.08. The monoisotopic (exact) mass is 226 g/mol. The molecule has 0 radical (unpaired) electrons. The lowest BCUT2D eigenvalue weighted by molar-refractivity contribution is -0.134. The molecular weight excluding hydrogens is 200 g/mol. The molecule has 1 aliphatic heterocycles. The van der Waals surface area contributed by atoms with Crippen LogP contribution in [0.5, 0.6) is 0 Å². The van der Waals surface area contributed by atoms with Gasteiger partial charge in [0.2, 0.25) is 5.91 Å². The van der Waals surface area contributed by atoms with E-state index >= 15 is 0 Å². The predicted molar refractivity (Wildman–Crippen MR) is 67.4 cm³/mol. The Hall–Kier alpha value is -0.570. The second-order valence-electron chi connectivity index (χ2n) is 5.19. The minimum absolute atomic E-state index is 0.338.